The van der Waals surface area contributed by atoms with Crippen LogP contribution in [0.3, 0.4) is 0 Å². The van der Waals surface area contributed by atoms with Gasteiger partial charge in [-0.05, 0) is 42.5 Å². The fourth-order valence-corrected chi connectivity index (χ4v) is 2.49. The molecule has 1 aromatic carbocycles. The molecular formula is C14H18FNO. The van der Waals surface area contributed by atoms with Crippen LogP contribution in [0.4, 0.5) is 4.39 Å². The molecule has 0 atom stereocenters. The lowest BCUT2D eigenvalue weighted by atomic mass is 9.65. The third-order valence-corrected chi connectivity index (χ3v) is 3.71. The summed E-state index contributed by atoms with van der Waals surface area (Å²) < 4.78 is 13.0. The van der Waals surface area contributed by atoms with E-state index < -0.39 is 0 Å². The molecule has 0 radical (unpaired) electrons. The molecule has 92 valence electrons. The van der Waals surface area contributed by atoms with Crippen LogP contribution in [0.5, 0.6) is 0 Å². The molecule has 0 amide bonds. The van der Waals surface area contributed by atoms with Gasteiger partial charge in [0.1, 0.15) is 11.6 Å². The van der Waals surface area contributed by atoms with Crippen LogP contribution in [0.1, 0.15) is 31.2 Å². The molecule has 0 aliphatic heterocycles. The molecule has 0 aromatic heterocycles. The summed E-state index contributed by atoms with van der Waals surface area (Å²) in [4.78, 5) is 11.9. The summed E-state index contributed by atoms with van der Waals surface area (Å²) in [6.07, 6.45) is 4.14. The number of nitrogens with two attached hydrogens (primary N) is 1. The van der Waals surface area contributed by atoms with E-state index in [-0.39, 0.29) is 17.0 Å². The fourth-order valence-electron chi connectivity index (χ4n) is 2.49. The Morgan fingerprint density at radius 1 is 1.41 bits per heavy atom. The SMILES string of the molecule is NCC1(CC(=O)Cc2cccc(F)c2)CCC1. The van der Waals surface area contributed by atoms with E-state index in [1.54, 1.807) is 12.1 Å². The van der Waals surface area contributed by atoms with Crippen molar-refractivity contribution in [1.29, 1.82) is 0 Å². The van der Waals surface area contributed by atoms with Crippen molar-refractivity contribution >= 4 is 5.78 Å². The van der Waals surface area contributed by atoms with Crippen LogP contribution in [0.25, 0.3) is 0 Å². The van der Waals surface area contributed by atoms with Crippen molar-refractivity contribution in [1.82, 2.24) is 0 Å². The lowest BCUT2D eigenvalue weighted by molar-refractivity contribution is -0.122. The van der Waals surface area contributed by atoms with Gasteiger partial charge < -0.3 is 5.73 Å². The minimum Gasteiger partial charge on any atom is -0.330 e. The average Bonchev–Trinajstić information content (AvgIpc) is 2.23. The number of ketones is 1. The van der Waals surface area contributed by atoms with Crippen LogP contribution in [-0.4, -0.2) is 12.3 Å². The molecule has 2 N–H and O–H groups in total. The second kappa shape index (κ2) is 4.96. The van der Waals surface area contributed by atoms with E-state index in [2.05, 4.69) is 0 Å². The lowest BCUT2D eigenvalue weighted by Crippen LogP contribution is -2.39. The molecule has 1 aliphatic carbocycles. The van der Waals surface area contributed by atoms with Crippen molar-refractivity contribution in [3.8, 4) is 0 Å². The van der Waals surface area contributed by atoms with Crippen LogP contribution < -0.4 is 5.73 Å². The van der Waals surface area contributed by atoms with Crippen LogP contribution in [0.2, 0.25) is 0 Å². The molecule has 0 unspecified atom stereocenters. The number of Topliss-reactive ketones (excluding diaryl/α,β-unsaturated/α-hetero) is 1. The molecule has 2 rings (SSSR count). The van der Waals surface area contributed by atoms with Gasteiger partial charge in [-0.25, -0.2) is 4.39 Å². The van der Waals surface area contributed by atoms with Gasteiger partial charge in [0.25, 0.3) is 0 Å². The standard InChI is InChI=1S/C14H18FNO/c15-12-4-1-3-11(7-12)8-13(17)9-14(10-16)5-2-6-14/h1,3-4,7H,2,5-6,8-10,16H2. The third-order valence-electron chi connectivity index (χ3n) is 3.71. The van der Waals surface area contributed by atoms with Gasteiger partial charge in [0.15, 0.2) is 0 Å². The zero-order chi connectivity index (χ0) is 12.3. The van der Waals surface area contributed by atoms with Crippen molar-refractivity contribution < 1.29 is 9.18 Å². The summed E-state index contributed by atoms with van der Waals surface area (Å²) in [5.74, 6) is -0.117. The highest BCUT2D eigenvalue weighted by molar-refractivity contribution is 5.81. The highest BCUT2D eigenvalue weighted by atomic mass is 19.1. The predicted molar refractivity (Wildman–Crippen MR) is 65.1 cm³/mol. The quantitative estimate of drug-likeness (QED) is 0.852. The second-order valence-corrected chi connectivity index (χ2v) is 5.08. The molecule has 2 nitrogen and oxygen atoms in total. The highest BCUT2D eigenvalue weighted by Gasteiger charge is 2.37. The van der Waals surface area contributed by atoms with Crippen LogP contribution in [0, 0.1) is 11.2 Å². The number of carbonyl (C=O) groups is 1. The minimum atomic E-state index is -0.285. The van der Waals surface area contributed by atoms with Crippen molar-refractivity contribution in [3.63, 3.8) is 0 Å². The van der Waals surface area contributed by atoms with Gasteiger partial charge in [-0.2, -0.15) is 0 Å². The van der Waals surface area contributed by atoms with E-state index in [9.17, 15) is 9.18 Å². The van der Waals surface area contributed by atoms with Crippen LogP contribution >= 0.6 is 0 Å². The Labute approximate surface area is 101 Å². The third kappa shape index (κ3) is 2.91. The Bertz CT molecular complexity index is 407. The van der Waals surface area contributed by atoms with E-state index in [0.717, 1.165) is 18.4 Å². The molecule has 1 fully saturated rings. The number of hydrogen-bond acceptors (Lipinski definition) is 2. The predicted octanol–water partition coefficient (Wildman–Crippen LogP) is 2.46. The zero-order valence-electron chi connectivity index (χ0n) is 9.92. The lowest BCUT2D eigenvalue weighted by Gasteiger charge is -2.40. The monoisotopic (exact) mass is 235 g/mol. The summed E-state index contributed by atoms with van der Waals surface area (Å²) in [7, 11) is 0. The first-order valence-electron chi connectivity index (χ1n) is 6.10. The molecule has 0 spiro atoms. The number of carbonyl (C=O) groups excluding carboxylic acids is 1. The largest absolute Gasteiger partial charge is 0.330 e. The fraction of sp³-hybridized carbons (Fsp3) is 0.500. The van der Waals surface area contributed by atoms with E-state index in [1.807, 2.05) is 0 Å². The van der Waals surface area contributed by atoms with Crippen molar-refractivity contribution in [2.24, 2.45) is 11.1 Å². The Hall–Kier alpha value is -1.22. The number of rotatable bonds is 5. The number of halogens is 1. The Kier molecular flexibility index (Phi) is 3.57. The number of benzene rings is 1. The van der Waals surface area contributed by atoms with Gasteiger partial charge in [-0.3, -0.25) is 4.79 Å². The first-order chi connectivity index (χ1) is 8.13. The molecule has 1 aliphatic rings. The summed E-state index contributed by atoms with van der Waals surface area (Å²) in [5.41, 5.74) is 6.52. The van der Waals surface area contributed by atoms with Gasteiger partial charge in [0.2, 0.25) is 0 Å². The maximum Gasteiger partial charge on any atom is 0.137 e. The summed E-state index contributed by atoms with van der Waals surface area (Å²) in [6.45, 7) is 0.585. The van der Waals surface area contributed by atoms with E-state index in [1.165, 1.54) is 18.6 Å². The Balaban J connectivity index is 1.93. The van der Waals surface area contributed by atoms with Gasteiger partial charge in [0.05, 0.1) is 0 Å². The molecule has 0 heterocycles. The molecular weight excluding hydrogens is 217 g/mol. The van der Waals surface area contributed by atoms with E-state index in [4.69, 9.17) is 5.73 Å². The van der Waals surface area contributed by atoms with Gasteiger partial charge in [0, 0.05) is 12.8 Å². The summed E-state index contributed by atoms with van der Waals surface area (Å²) in [6, 6.07) is 6.24. The molecule has 0 saturated heterocycles. The summed E-state index contributed by atoms with van der Waals surface area (Å²) in [5, 5.41) is 0. The van der Waals surface area contributed by atoms with E-state index in [0.29, 0.717) is 19.4 Å². The van der Waals surface area contributed by atoms with Crippen molar-refractivity contribution in [2.45, 2.75) is 32.1 Å². The Morgan fingerprint density at radius 3 is 2.71 bits per heavy atom. The first-order valence-corrected chi connectivity index (χ1v) is 6.10. The van der Waals surface area contributed by atoms with Crippen LogP contribution in [-0.2, 0) is 11.2 Å². The summed E-state index contributed by atoms with van der Waals surface area (Å²) >= 11 is 0. The van der Waals surface area contributed by atoms with Crippen LogP contribution in [0.15, 0.2) is 24.3 Å². The van der Waals surface area contributed by atoms with E-state index >= 15 is 0 Å². The maximum atomic E-state index is 13.0. The van der Waals surface area contributed by atoms with Gasteiger partial charge in [-0.15, -0.1) is 0 Å². The first kappa shape index (κ1) is 12.2. The number of hydrogen-bond donors (Lipinski definition) is 1. The second-order valence-electron chi connectivity index (χ2n) is 5.08. The Morgan fingerprint density at radius 2 is 2.18 bits per heavy atom. The molecule has 17 heavy (non-hydrogen) atoms. The molecule has 0 bridgehead atoms. The average molecular weight is 235 g/mol. The van der Waals surface area contributed by atoms with Crippen molar-refractivity contribution in [3.05, 3.63) is 35.6 Å². The maximum absolute atomic E-state index is 13.0. The van der Waals surface area contributed by atoms with Gasteiger partial charge >= 0.3 is 0 Å². The topological polar surface area (TPSA) is 43.1 Å². The highest BCUT2D eigenvalue weighted by Crippen LogP contribution is 2.43. The smallest absolute Gasteiger partial charge is 0.137 e. The van der Waals surface area contributed by atoms with Crippen molar-refractivity contribution in [2.75, 3.05) is 6.54 Å². The molecule has 3 heteroatoms. The normalized spacial score (nSPS) is 17.5. The molecule has 1 saturated carbocycles. The van der Waals surface area contributed by atoms with Gasteiger partial charge in [-0.1, -0.05) is 18.6 Å². The minimum absolute atomic E-state index is 0.0460. The molecule has 1 aromatic rings. The zero-order valence-corrected chi connectivity index (χ0v) is 9.92.